The summed E-state index contributed by atoms with van der Waals surface area (Å²) in [6, 6.07) is 3.37. The third kappa shape index (κ3) is 4.53. The first-order chi connectivity index (χ1) is 10.7. The van der Waals surface area contributed by atoms with Gasteiger partial charge in [-0.05, 0) is 50.9 Å². The number of amides is 1. The monoisotopic (exact) mass is 341 g/mol. The van der Waals surface area contributed by atoms with E-state index in [4.69, 9.17) is 25.7 Å². The van der Waals surface area contributed by atoms with Gasteiger partial charge in [-0.1, -0.05) is 11.6 Å². The number of carbonyl (C=O) groups is 1. The molecule has 23 heavy (non-hydrogen) atoms. The van der Waals surface area contributed by atoms with E-state index in [-0.39, 0.29) is 6.54 Å². The van der Waals surface area contributed by atoms with Gasteiger partial charge in [-0.15, -0.1) is 0 Å². The summed E-state index contributed by atoms with van der Waals surface area (Å²) in [4.78, 5) is 11.7. The van der Waals surface area contributed by atoms with Gasteiger partial charge in [0.2, 0.25) is 0 Å². The zero-order valence-electron chi connectivity index (χ0n) is 13.7. The van der Waals surface area contributed by atoms with Crippen molar-refractivity contribution in [1.82, 2.24) is 5.32 Å². The lowest BCUT2D eigenvalue weighted by Gasteiger charge is -2.21. The minimum Gasteiger partial charge on any atom is -0.494 e. The maximum Gasteiger partial charge on any atom is 0.492 e. The Labute approximate surface area is 141 Å². The fourth-order valence-electron chi connectivity index (χ4n) is 2.34. The van der Waals surface area contributed by atoms with Gasteiger partial charge < -0.3 is 24.5 Å². The second-order valence-electron chi connectivity index (χ2n) is 6.20. The SMILES string of the molecule is CCOc1cc(Cl)c2c(c1)B(O)OC2CNC(=O)OC(C)(C)C. The molecule has 1 aliphatic heterocycles. The molecule has 0 aromatic heterocycles. The van der Waals surface area contributed by atoms with E-state index in [1.807, 2.05) is 6.92 Å². The molecule has 0 bridgehead atoms. The number of carbonyl (C=O) groups excluding carboxylic acids is 1. The van der Waals surface area contributed by atoms with Crippen molar-refractivity contribution >= 4 is 30.3 Å². The van der Waals surface area contributed by atoms with E-state index >= 15 is 0 Å². The zero-order chi connectivity index (χ0) is 17.2. The Morgan fingerprint density at radius 2 is 2.17 bits per heavy atom. The fourth-order valence-corrected chi connectivity index (χ4v) is 2.68. The number of benzene rings is 1. The van der Waals surface area contributed by atoms with E-state index in [0.29, 0.717) is 28.4 Å². The van der Waals surface area contributed by atoms with Crippen LogP contribution in [0, 0.1) is 0 Å². The second-order valence-corrected chi connectivity index (χ2v) is 6.61. The molecule has 2 rings (SSSR count). The maximum absolute atomic E-state index is 11.7. The van der Waals surface area contributed by atoms with Gasteiger partial charge in [0.15, 0.2) is 0 Å². The molecule has 1 heterocycles. The number of fused-ring (bicyclic) bond motifs is 1. The molecule has 1 unspecified atom stereocenters. The van der Waals surface area contributed by atoms with E-state index in [2.05, 4.69) is 5.32 Å². The average molecular weight is 342 g/mol. The first-order valence-electron chi connectivity index (χ1n) is 7.47. The predicted molar refractivity (Wildman–Crippen MR) is 88.3 cm³/mol. The predicted octanol–water partition coefficient (Wildman–Crippen LogP) is 2.02. The summed E-state index contributed by atoms with van der Waals surface area (Å²) >= 11 is 6.28. The Morgan fingerprint density at radius 1 is 1.48 bits per heavy atom. The molecule has 1 aromatic carbocycles. The molecule has 8 heteroatoms. The summed E-state index contributed by atoms with van der Waals surface area (Å²) in [6.07, 6.45) is -1.10. The highest BCUT2D eigenvalue weighted by Crippen LogP contribution is 2.32. The van der Waals surface area contributed by atoms with Crippen LogP contribution in [-0.2, 0) is 9.39 Å². The molecule has 1 aromatic rings. The van der Waals surface area contributed by atoms with Crippen molar-refractivity contribution in [3.8, 4) is 5.75 Å². The summed E-state index contributed by atoms with van der Waals surface area (Å²) in [5.41, 5.74) is 0.623. The van der Waals surface area contributed by atoms with Gasteiger partial charge in [0.05, 0.1) is 12.7 Å². The third-order valence-electron chi connectivity index (χ3n) is 3.16. The van der Waals surface area contributed by atoms with Crippen LogP contribution in [0.3, 0.4) is 0 Å². The Kier molecular flexibility index (Phi) is 5.44. The minimum atomic E-state index is -1.10. The standard InChI is InChI=1S/C15H21BClNO5/c1-5-21-9-6-10-13(11(17)7-9)12(23-16(10)20)8-18-14(19)22-15(2,3)4/h6-7,12,20H,5,8H2,1-4H3,(H,18,19). The number of hydrogen-bond acceptors (Lipinski definition) is 5. The molecule has 2 N–H and O–H groups in total. The lowest BCUT2D eigenvalue weighted by molar-refractivity contribution is 0.0498. The van der Waals surface area contributed by atoms with Gasteiger partial charge in [0.1, 0.15) is 11.4 Å². The van der Waals surface area contributed by atoms with Crippen LogP contribution in [0.25, 0.3) is 0 Å². The third-order valence-corrected chi connectivity index (χ3v) is 3.47. The van der Waals surface area contributed by atoms with Crippen LogP contribution in [0.2, 0.25) is 5.02 Å². The number of nitrogens with one attached hydrogen (secondary N) is 1. The number of halogens is 1. The van der Waals surface area contributed by atoms with E-state index in [0.717, 1.165) is 0 Å². The number of rotatable bonds is 4. The van der Waals surface area contributed by atoms with Crippen molar-refractivity contribution < 1.29 is 23.9 Å². The average Bonchev–Trinajstić information content (AvgIpc) is 2.72. The molecule has 126 valence electrons. The first-order valence-corrected chi connectivity index (χ1v) is 7.85. The quantitative estimate of drug-likeness (QED) is 0.819. The van der Waals surface area contributed by atoms with E-state index < -0.39 is 24.9 Å². The van der Waals surface area contributed by atoms with Crippen LogP contribution in [0.15, 0.2) is 12.1 Å². The van der Waals surface area contributed by atoms with Crippen molar-refractivity contribution in [2.75, 3.05) is 13.2 Å². The summed E-state index contributed by atoms with van der Waals surface area (Å²) < 4.78 is 16.1. The fraction of sp³-hybridized carbons (Fsp3) is 0.533. The molecular weight excluding hydrogens is 320 g/mol. The van der Waals surface area contributed by atoms with Crippen LogP contribution in [0.4, 0.5) is 4.79 Å². The van der Waals surface area contributed by atoms with Crippen LogP contribution in [-0.4, -0.2) is 37.0 Å². The van der Waals surface area contributed by atoms with Gasteiger partial charge in [0, 0.05) is 11.6 Å². The molecule has 0 saturated heterocycles. The second kappa shape index (κ2) is 6.99. The summed E-state index contributed by atoms with van der Waals surface area (Å²) in [7, 11) is -1.10. The highest BCUT2D eigenvalue weighted by molar-refractivity contribution is 6.62. The molecular formula is C15H21BClNO5. The van der Waals surface area contributed by atoms with Crippen molar-refractivity contribution in [3.63, 3.8) is 0 Å². The molecule has 0 radical (unpaired) electrons. The van der Waals surface area contributed by atoms with E-state index in [1.54, 1.807) is 32.9 Å². The van der Waals surface area contributed by atoms with Crippen LogP contribution < -0.4 is 15.5 Å². The van der Waals surface area contributed by atoms with Gasteiger partial charge >= 0.3 is 13.2 Å². The van der Waals surface area contributed by atoms with Gasteiger partial charge in [-0.2, -0.15) is 0 Å². The Hall–Kier alpha value is -1.44. The van der Waals surface area contributed by atoms with Crippen molar-refractivity contribution in [3.05, 3.63) is 22.7 Å². The van der Waals surface area contributed by atoms with Gasteiger partial charge in [-0.3, -0.25) is 0 Å². The first kappa shape index (κ1) is 17.9. The highest BCUT2D eigenvalue weighted by Gasteiger charge is 2.37. The van der Waals surface area contributed by atoms with E-state index in [1.165, 1.54) is 0 Å². The van der Waals surface area contributed by atoms with Crippen LogP contribution in [0.1, 0.15) is 39.4 Å². The summed E-state index contributed by atoms with van der Waals surface area (Å²) in [6.45, 7) is 7.85. The van der Waals surface area contributed by atoms with Crippen LogP contribution in [0.5, 0.6) is 5.75 Å². The van der Waals surface area contributed by atoms with Crippen molar-refractivity contribution in [2.24, 2.45) is 0 Å². The zero-order valence-corrected chi connectivity index (χ0v) is 14.4. The smallest absolute Gasteiger partial charge is 0.492 e. The topological polar surface area (TPSA) is 77.0 Å². The number of ether oxygens (including phenoxy) is 2. The Morgan fingerprint density at radius 3 is 2.78 bits per heavy atom. The largest absolute Gasteiger partial charge is 0.494 e. The summed E-state index contributed by atoms with van der Waals surface area (Å²) in [5, 5.41) is 13.1. The minimum absolute atomic E-state index is 0.146. The molecule has 0 spiro atoms. The number of alkyl carbamates (subject to hydrolysis) is 1. The normalized spacial score (nSPS) is 17.0. The van der Waals surface area contributed by atoms with E-state index in [9.17, 15) is 9.82 Å². The molecule has 1 atom stereocenters. The molecule has 0 saturated carbocycles. The molecule has 6 nitrogen and oxygen atoms in total. The maximum atomic E-state index is 11.7. The Balaban J connectivity index is 2.09. The van der Waals surface area contributed by atoms with Gasteiger partial charge in [0.25, 0.3) is 0 Å². The van der Waals surface area contributed by atoms with Crippen LogP contribution >= 0.6 is 11.6 Å². The lowest BCUT2D eigenvalue weighted by Crippen LogP contribution is -2.35. The number of hydrogen-bond donors (Lipinski definition) is 2. The molecule has 0 fully saturated rings. The lowest BCUT2D eigenvalue weighted by atomic mass is 9.79. The molecule has 0 aliphatic carbocycles. The van der Waals surface area contributed by atoms with Crippen molar-refractivity contribution in [2.45, 2.75) is 39.4 Å². The summed E-state index contributed by atoms with van der Waals surface area (Å²) in [5.74, 6) is 0.569. The van der Waals surface area contributed by atoms with Crippen molar-refractivity contribution in [1.29, 1.82) is 0 Å². The van der Waals surface area contributed by atoms with Gasteiger partial charge in [-0.25, -0.2) is 4.79 Å². The highest BCUT2D eigenvalue weighted by atomic mass is 35.5. The molecule has 1 amide bonds. The molecule has 1 aliphatic rings. The Bertz CT molecular complexity index is 590.